The SMILES string of the molecule is NC(=O)OC1CCC(NCc2ccccc2)C1. The molecule has 2 atom stereocenters. The number of carbonyl (C=O) groups is 1. The first-order valence-corrected chi connectivity index (χ1v) is 5.97. The average Bonchev–Trinajstić information content (AvgIpc) is 2.75. The highest BCUT2D eigenvalue weighted by Crippen LogP contribution is 2.22. The summed E-state index contributed by atoms with van der Waals surface area (Å²) < 4.78 is 4.99. The van der Waals surface area contributed by atoms with Crippen LogP contribution in [0.25, 0.3) is 0 Å². The molecule has 0 aromatic heterocycles. The zero-order chi connectivity index (χ0) is 12.1. The summed E-state index contributed by atoms with van der Waals surface area (Å²) in [5, 5.41) is 3.47. The van der Waals surface area contributed by atoms with Crippen LogP contribution in [0.2, 0.25) is 0 Å². The first-order valence-electron chi connectivity index (χ1n) is 5.97. The fourth-order valence-electron chi connectivity index (χ4n) is 2.25. The summed E-state index contributed by atoms with van der Waals surface area (Å²) in [4.78, 5) is 10.6. The molecule has 3 N–H and O–H groups in total. The molecule has 4 nitrogen and oxygen atoms in total. The predicted molar refractivity (Wildman–Crippen MR) is 65.4 cm³/mol. The van der Waals surface area contributed by atoms with E-state index in [1.807, 2.05) is 18.2 Å². The zero-order valence-electron chi connectivity index (χ0n) is 9.76. The molecule has 1 aromatic rings. The number of carbonyl (C=O) groups excluding carboxylic acids is 1. The third-order valence-electron chi connectivity index (χ3n) is 3.11. The molecule has 1 fully saturated rings. The van der Waals surface area contributed by atoms with Gasteiger partial charge in [-0.2, -0.15) is 0 Å². The van der Waals surface area contributed by atoms with Crippen molar-refractivity contribution in [1.82, 2.24) is 5.32 Å². The van der Waals surface area contributed by atoms with E-state index in [0.29, 0.717) is 6.04 Å². The Balaban J connectivity index is 1.73. The normalized spacial score (nSPS) is 23.5. The van der Waals surface area contributed by atoms with Gasteiger partial charge >= 0.3 is 6.09 Å². The fraction of sp³-hybridized carbons (Fsp3) is 0.462. The minimum absolute atomic E-state index is 0.0132. The predicted octanol–water partition coefficient (Wildman–Crippen LogP) is 1.79. The zero-order valence-corrected chi connectivity index (χ0v) is 9.76. The first kappa shape index (κ1) is 11.9. The van der Waals surface area contributed by atoms with E-state index in [2.05, 4.69) is 17.4 Å². The topological polar surface area (TPSA) is 64.4 Å². The Morgan fingerprint density at radius 3 is 2.82 bits per heavy atom. The van der Waals surface area contributed by atoms with Gasteiger partial charge in [-0.15, -0.1) is 0 Å². The molecule has 0 saturated heterocycles. The van der Waals surface area contributed by atoms with Crippen LogP contribution in [0.4, 0.5) is 4.79 Å². The molecule has 0 heterocycles. The Morgan fingerprint density at radius 2 is 2.12 bits per heavy atom. The van der Waals surface area contributed by atoms with Crippen molar-refractivity contribution in [2.75, 3.05) is 0 Å². The summed E-state index contributed by atoms with van der Waals surface area (Å²) in [6.07, 6.45) is 2.11. The van der Waals surface area contributed by atoms with Gasteiger partial charge in [-0.3, -0.25) is 0 Å². The van der Waals surface area contributed by atoms with Crippen LogP contribution in [0.15, 0.2) is 30.3 Å². The van der Waals surface area contributed by atoms with Gasteiger partial charge in [0.1, 0.15) is 6.10 Å². The van der Waals surface area contributed by atoms with E-state index >= 15 is 0 Å². The number of amides is 1. The Morgan fingerprint density at radius 1 is 1.35 bits per heavy atom. The van der Waals surface area contributed by atoms with Crippen molar-refractivity contribution in [1.29, 1.82) is 0 Å². The van der Waals surface area contributed by atoms with Crippen molar-refractivity contribution in [2.24, 2.45) is 5.73 Å². The molecule has 4 heteroatoms. The number of benzene rings is 1. The lowest BCUT2D eigenvalue weighted by Gasteiger charge is -2.13. The van der Waals surface area contributed by atoms with Crippen LogP contribution in [0.3, 0.4) is 0 Å². The van der Waals surface area contributed by atoms with Crippen LogP contribution < -0.4 is 11.1 Å². The van der Waals surface area contributed by atoms with E-state index < -0.39 is 6.09 Å². The van der Waals surface area contributed by atoms with Gasteiger partial charge in [-0.05, 0) is 24.8 Å². The van der Waals surface area contributed by atoms with Gasteiger partial charge in [-0.25, -0.2) is 4.79 Å². The van der Waals surface area contributed by atoms with Crippen LogP contribution >= 0.6 is 0 Å². The molecule has 0 bridgehead atoms. The molecule has 0 radical (unpaired) electrons. The quantitative estimate of drug-likeness (QED) is 0.834. The highest BCUT2D eigenvalue weighted by atomic mass is 16.6. The molecule has 1 aromatic carbocycles. The summed E-state index contributed by atoms with van der Waals surface area (Å²) >= 11 is 0. The van der Waals surface area contributed by atoms with E-state index in [1.54, 1.807) is 0 Å². The summed E-state index contributed by atoms with van der Waals surface area (Å²) in [7, 11) is 0. The summed E-state index contributed by atoms with van der Waals surface area (Å²) in [5.41, 5.74) is 6.27. The molecule has 1 saturated carbocycles. The molecule has 2 rings (SSSR count). The molecule has 0 aliphatic heterocycles. The second-order valence-corrected chi connectivity index (χ2v) is 4.44. The maximum atomic E-state index is 10.6. The molecule has 17 heavy (non-hydrogen) atoms. The summed E-state index contributed by atoms with van der Waals surface area (Å²) in [5.74, 6) is 0. The standard InChI is InChI=1S/C13H18N2O2/c14-13(16)17-12-7-6-11(8-12)15-9-10-4-2-1-3-5-10/h1-5,11-12,15H,6-9H2,(H2,14,16). The molecule has 1 aliphatic carbocycles. The third-order valence-corrected chi connectivity index (χ3v) is 3.11. The average molecular weight is 234 g/mol. The van der Waals surface area contributed by atoms with E-state index in [9.17, 15) is 4.79 Å². The van der Waals surface area contributed by atoms with Crippen LogP contribution in [0, 0.1) is 0 Å². The molecule has 2 unspecified atom stereocenters. The van der Waals surface area contributed by atoms with Crippen LogP contribution in [-0.4, -0.2) is 18.2 Å². The maximum absolute atomic E-state index is 10.6. The smallest absolute Gasteiger partial charge is 0.404 e. The Kier molecular flexibility index (Phi) is 3.98. The van der Waals surface area contributed by atoms with E-state index in [1.165, 1.54) is 5.56 Å². The highest BCUT2D eigenvalue weighted by Gasteiger charge is 2.26. The number of hydrogen-bond donors (Lipinski definition) is 2. The molecular weight excluding hydrogens is 216 g/mol. The summed E-state index contributed by atoms with van der Waals surface area (Å²) in [6, 6.07) is 10.7. The molecular formula is C13H18N2O2. The number of primary amides is 1. The lowest BCUT2D eigenvalue weighted by molar-refractivity contribution is 0.109. The maximum Gasteiger partial charge on any atom is 0.404 e. The van der Waals surface area contributed by atoms with E-state index in [0.717, 1.165) is 25.8 Å². The Labute approximate surface area is 101 Å². The second kappa shape index (κ2) is 5.68. The molecule has 0 spiro atoms. The lowest BCUT2D eigenvalue weighted by Crippen LogP contribution is -2.28. The number of ether oxygens (including phenoxy) is 1. The van der Waals surface area contributed by atoms with Crippen molar-refractivity contribution in [3.63, 3.8) is 0 Å². The van der Waals surface area contributed by atoms with Gasteiger partial charge < -0.3 is 15.8 Å². The Bertz CT molecular complexity index is 367. The van der Waals surface area contributed by atoms with Crippen LogP contribution in [-0.2, 0) is 11.3 Å². The molecule has 1 amide bonds. The fourth-order valence-corrected chi connectivity index (χ4v) is 2.25. The van der Waals surface area contributed by atoms with Gasteiger partial charge in [0.25, 0.3) is 0 Å². The highest BCUT2D eigenvalue weighted by molar-refractivity contribution is 5.64. The van der Waals surface area contributed by atoms with Crippen LogP contribution in [0.5, 0.6) is 0 Å². The van der Waals surface area contributed by atoms with Gasteiger partial charge in [0.15, 0.2) is 0 Å². The van der Waals surface area contributed by atoms with Crippen molar-refractivity contribution < 1.29 is 9.53 Å². The number of hydrogen-bond acceptors (Lipinski definition) is 3. The third kappa shape index (κ3) is 3.75. The second-order valence-electron chi connectivity index (χ2n) is 4.44. The van der Waals surface area contributed by atoms with E-state index in [4.69, 9.17) is 10.5 Å². The van der Waals surface area contributed by atoms with Crippen LogP contribution in [0.1, 0.15) is 24.8 Å². The summed E-state index contributed by atoms with van der Waals surface area (Å²) in [6.45, 7) is 0.856. The number of nitrogens with two attached hydrogens (primary N) is 1. The minimum atomic E-state index is -0.668. The van der Waals surface area contributed by atoms with Gasteiger partial charge in [0.2, 0.25) is 0 Å². The van der Waals surface area contributed by atoms with Crippen molar-refractivity contribution >= 4 is 6.09 Å². The van der Waals surface area contributed by atoms with Crippen molar-refractivity contribution in [3.05, 3.63) is 35.9 Å². The van der Waals surface area contributed by atoms with Gasteiger partial charge in [0.05, 0.1) is 0 Å². The van der Waals surface area contributed by atoms with Gasteiger partial charge in [-0.1, -0.05) is 30.3 Å². The van der Waals surface area contributed by atoms with E-state index in [-0.39, 0.29) is 6.10 Å². The number of rotatable bonds is 4. The van der Waals surface area contributed by atoms with Crippen molar-refractivity contribution in [2.45, 2.75) is 38.0 Å². The molecule has 92 valence electrons. The minimum Gasteiger partial charge on any atom is -0.446 e. The largest absolute Gasteiger partial charge is 0.446 e. The monoisotopic (exact) mass is 234 g/mol. The Hall–Kier alpha value is -1.55. The number of nitrogens with one attached hydrogen (secondary N) is 1. The van der Waals surface area contributed by atoms with Gasteiger partial charge in [0, 0.05) is 12.6 Å². The lowest BCUT2D eigenvalue weighted by atomic mass is 10.2. The first-order chi connectivity index (χ1) is 8.24. The molecule has 1 aliphatic rings. The van der Waals surface area contributed by atoms with Crippen molar-refractivity contribution in [3.8, 4) is 0 Å².